The summed E-state index contributed by atoms with van der Waals surface area (Å²) < 4.78 is 7.30. The van der Waals surface area contributed by atoms with Crippen molar-refractivity contribution >= 4 is 16.9 Å². The van der Waals surface area contributed by atoms with E-state index in [4.69, 9.17) is 4.42 Å². The van der Waals surface area contributed by atoms with Gasteiger partial charge in [-0.05, 0) is 25.5 Å². The van der Waals surface area contributed by atoms with Gasteiger partial charge in [0, 0.05) is 39.3 Å². The van der Waals surface area contributed by atoms with Gasteiger partial charge in [0.25, 0.3) is 0 Å². The van der Waals surface area contributed by atoms with Gasteiger partial charge in [0.15, 0.2) is 5.65 Å². The van der Waals surface area contributed by atoms with Crippen molar-refractivity contribution < 1.29 is 9.52 Å². The van der Waals surface area contributed by atoms with Crippen molar-refractivity contribution in [2.24, 2.45) is 7.05 Å². The number of piperazine rings is 1. The number of aliphatic hydroxyl groups excluding tert-OH is 1. The van der Waals surface area contributed by atoms with E-state index in [1.165, 1.54) is 0 Å². The zero-order chi connectivity index (χ0) is 18.1. The molecule has 0 bridgehead atoms. The molecular weight excluding hydrogens is 332 g/mol. The van der Waals surface area contributed by atoms with Gasteiger partial charge < -0.3 is 14.4 Å². The first-order valence-corrected chi connectivity index (χ1v) is 8.94. The third kappa shape index (κ3) is 3.06. The molecule has 0 spiro atoms. The lowest BCUT2D eigenvalue weighted by Crippen LogP contribution is -2.53. The molecule has 0 aliphatic carbocycles. The van der Waals surface area contributed by atoms with Crippen LogP contribution in [-0.4, -0.2) is 62.0 Å². The molecule has 138 valence electrons. The van der Waals surface area contributed by atoms with Gasteiger partial charge in [0.1, 0.15) is 17.9 Å². The molecule has 8 heteroatoms. The molecule has 0 saturated carbocycles. The summed E-state index contributed by atoms with van der Waals surface area (Å²) in [7, 11) is 1.90. The summed E-state index contributed by atoms with van der Waals surface area (Å²) in [5.74, 6) is 1.88. The lowest BCUT2D eigenvalue weighted by Gasteiger charge is -2.41. The Bertz CT molecular complexity index is 875. The maximum absolute atomic E-state index is 9.53. The average Bonchev–Trinajstić information content (AvgIpc) is 3.25. The molecule has 0 radical (unpaired) electrons. The predicted octanol–water partition coefficient (Wildman–Crippen LogP) is 1.34. The topological polar surface area (TPSA) is 83.5 Å². The fourth-order valence-electron chi connectivity index (χ4n) is 3.82. The van der Waals surface area contributed by atoms with Gasteiger partial charge >= 0.3 is 0 Å². The van der Waals surface area contributed by atoms with E-state index in [0.29, 0.717) is 0 Å². The van der Waals surface area contributed by atoms with Gasteiger partial charge in [-0.25, -0.2) is 9.97 Å². The molecule has 1 N–H and O–H groups in total. The molecule has 1 saturated heterocycles. The third-order valence-corrected chi connectivity index (χ3v) is 5.08. The van der Waals surface area contributed by atoms with Crippen LogP contribution in [0.15, 0.2) is 29.1 Å². The average molecular weight is 356 g/mol. The van der Waals surface area contributed by atoms with Crippen molar-refractivity contribution in [3.63, 3.8) is 0 Å². The smallest absolute Gasteiger partial charge is 0.163 e. The van der Waals surface area contributed by atoms with Crippen LogP contribution < -0.4 is 4.90 Å². The van der Waals surface area contributed by atoms with Crippen molar-refractivity contribution in [1.29, 1.82) is 0 Å². The van der Waals surface area contributed by atoms with E-state index in [0.717, 1.165) is 60.9 Å². The summed E-state index contributed by atoms with van der Waals surface area (Å²) in [5.41, 5.74) is 1.79. The number of aliphatic hydroxyl groups is 1. The highest BCUT2D eigenvalue weighted by molar-refractivity contribution is 5.89. The second-order valence-corrected chi connectivity index (χ2v) is 6.77. The fraction of sp³-hybridized carbons (Fsp3) is 0.500. The molecule has 8 nitrogen and oxygen atoms in total. The highest BCUT2D eigenvalue weighted by Gasteiger charge is 2.29. The minimum Gasteiger partial charge on any atom is -0.468 e. The Labute approximate surface area is 152 Å². The summed E-state index contributed by atoms with van der Waals surface area (Å²) in [6.45, 7) is 5.48. The van der Waals surface area contributed by atoms with Crippen LogP contribution in [0.1, 0.15) is 17.9 Å². The molecule has 1 atom stereocenters. The van der Waals surface area contributed by atoms with Crippen LogP contribution in [0.2, 0.25) is 0 Å². The third-order valence-electron chi connectivity index (χ3n) is 5.08. The molecule has 1 fully saturated rings. The number of aromatic nitrogens is 4. The van der Waals surface area contributed by atoms with Crippen molar-refractivity contribution in [2.75, 3.05) is 31.1 Å². The number of anilines is 1. The van der Waals surface area contributed by atoms with Crippen LogP contribution in [0.5, 0.6) is 0 Å². The first-order valence-electron chi connectivity index (χ1n) is 8.94. The van der Waals surface area contributed by atoms with Crippen LogP contribution in [0, 0.1) is 6.92 Å². The molecule has 26 heavy (non-hydrogen) atoms. The minimum atomic E-state index is 0.165. The van der Waals surface area contributed by atoms with Crippen molar-refractivity contribution in [3.8, 4) is 0 Å². The minimum absolute atomic E-state index is 0.165. The Kier molecular flexibility index (Phi) is 4.60. The Hall–Kier alpha value is -2.45. The Balaban J connectivity index is 1.60. The number of hydrogen-bond donors (Lipinski definition) is 1. The Morgan fingerprint density at radius 1 is 1.31 bits per heavy atom. The molecule has 3 aromatic heterocycles. The van der Waals surface area contributed by atoms with E-state index in [2.05, 4.69) is 24.9 Å². The van der Waals surface area contributed by atoms with E-state index in [1.54, 1.807) is 17.3 Å². The molecule has 4 heterocycles. The van der Waals surface area contributed by atoms with Gasteiger partial charge in [0.05, 0.1) is 23.9 Å². The molecule has 0 aromatic carbocycles. The van der Waals surface area contributed by atoms with E-state index < -0.39 is 0 Å². The number of fused-ring (bicyclic) bond motifs is 1. The lowest BCUT2D eigenvalue weighted by molar-refractivity contribution is 0.127. The van der Waals surface area contributed by atoms with Gasteiger partial charge in [-0.15, -0.1) is 0 Å². The van der Waals surface area contributed by atoms with Gasteiger partial charge in [0.2, 0.25) is 0 Å². The first-order chi connectivity index (χ1) is 12.7. The number of furan rings is 1. The van der Waals surface area contributed by atoms with Crippen molar-refractivity contribution in [1.82, 2.24) is 24.6 Å². The number of nitrogens with zero attached hydrogens (tertiary/aromatic N) is 6. The molecule has 1 aliphatic rings. The lowest BCUT2D eigenvalue weighted by atomic mass is 10.1. The quantitative estimate of drug-likeness (QED) is 0.738. The van der Waals surface area contributed by atoms with Crippen molar-refractivity contribution in [2.45, 2.75) is 25.9 Å². The molecule has 3 aromatic rings. The van der Waals surface area contributed by atoms with E-state index in [9.17, 15) is 5.11 Å². The van der Waals surface area contributed by atoms with Gasteiger partial charge in [-0.1, -0.05) is 0 Å². The van der Waals surface area contributed by atoms with Gasteiger partial charge in [-0.3, -0.25) is 9.58 Å². The number of hydrogen-bond acceptors (Lipinski definition) is 7. The largest absolute Gasteiger partial charge is 0.468 e. The maximum atomic E-state index is 9.53. The van der Waals surface area contributed by atoms with E-state index in [-0.39, 0.29) is 12.6 Å². The normalized spacial score (nSPS) is 18.7. The summed E-state index contributed by atoms with van der Waals surface area (Å²) in [5, 5.41) is 15.0. The van der Waals surface area contributed by atoms with Gasteiger partial charge in [-0.2, -0.15) is 5.10 Å². The standard InChI is InChI=1S/C18H24N6O2/c1-13-16-17(22(2)21-13)19-12-20-18(16)24-7-6-23(14(10-24)5-8-25)11-15-4-3-9-26-15/h3-4,9,12,14,25H,5-8,10-11H2,1-2H3. The Morgan fingerprint density at radius 3 is 2.96 bits per heavy atom. The van der Waals surface area contributed by atoms with Crippen LogP contribution in [0.3, 0.4) is 0 Å². The fourth-order valence-corrected chi connectivity index (χ4v) is 3.82. The maximum Gasteiger partial charge on any atom is 0.163 e. The Morgan fingerprint density at radius 2 is 2.19 bits per heavy atom. The zero-order valence-corrected chi connectivity index (χ0v) is 15.2. The highest BCUT2D eigenvalue weighted by atomic mass is 16.3. The monoisotopic (exact) mass is 356 g/mol. The number of rotatable bonds is 5. The van der Waals surface area contributed by atoms with E-state index in [1.807, 2.05) is 26.1 Å². The van der Waals surface area contributed by atoms with Crippen LogP contribution in [-0.2, 0) is 13.6 Å². The van der Waals surface area contributed by atoms with Crippen LogP contribution >= 0.6 is 0 Å². The summed E-state index contributed by atoms with van der Waals surface area (Å²) >= 11 is 0. The van der Waals surface area contributed by atoms with E-state index >= 15 is 0 Å². The van der Waals surface area contributed by atoms with Crippen molar-refractivity contribution in [3.05, 3.63) is 36.2 Å². The second kappa shape index (κ2) is 7.05. The summed E-state index contributed by atoms with van der Waals surface area (Å²) in [6.07, 6.45) is 4.03. The van der Waals surface area contributed by atoms with Crippen LogP contribution in [0.4, 0.5) is 5.82 Å². The predicted molar refractivity (Wildman–Crippen MR) is 97.9 cm³/mol. The molecule has 1 unspecified atom stereocenters. The summed E-state index contributed by atoms with van der Waals surface area (Å²) in [4.78, 5) is 13.6. The zero-order valence-electron chi connectivity index (χ0n) is 15.2. The molecule has 4 rings (SSSR count). The molecular formula is C18H24N6O2. The summed E-state index contributed by atoms with van der Waals surface area (Å²) in [6, 6.07) is 4.14. The molecule has 0 amide bonds. The highest BCUT2D eigenvalue weighted by Crippen LogP contribution is 2.28. The second-order valence-electron chi connectivity index (χ2n) is 6.77. The number of aryl methyl sites for hydroxylation is 2. The molecule has 1 aliphatic heterocycles. The first kappa shape index (κ1) is 17.0. The SMILES string of the molecule is Cc1nn(C)c2ncnc(N3CCN(Cc4ccco4)C(CCO)C3)c12. The van der Waals surface area contributed by atoms with Crippen LogP contribution in [0.25, 0.3) is 11.0 Å².